The van der Waals surface area contributed by atoms with Crippen molar-refractivity contribution in [1.82, 2.24) is 9.97 Å². The van der Waals surface area contributed by atoms with Gasteiger partial charge >= 0.3 is 0 Å². The smallest absolute Gasteiger partial charge is 0.136 e. The van der Waals surface area contributed by atoms with Gasteiger partial charge in [-0.25, -0.2) is 9.97 Å². The highest BCUT2D eigenvalue weighted by molar-refractivity contribution is 6.30. The van der Waals surface area contributed by atoms with E-state index in [9.17, 15) is 0 Å². The number of methoxy groups -OCH3 is 1. The zero-order valence-electron chi connectivity index (χ0n) is 11.5. The number of benzene rings is 1. The molecule has 5 heteroatoms. The lowest BCUT2D eigenvalue weighted by Gasteiger charge is -2.15. The minimum absolute atomic E-state index is 0.161. The molecule has 0 N–H and O–H groups in total. The van der Waals surface area contributed by atoms with Gasteiger partial charge in [0.25, 0.3) is 0 Å². The summed E-state index contributed by atoms with van der Waals surface area (Å²) < 4.78 is 5.36. The van der Waals surface area contributed by atoms with Gasteiger partial charge in [0.05, 0.1) is 24.4 Å². The monoisotopic (exact) mass is 287 g/mol. The van der Waals surface area contributed by atoms with E-state index in [1.165, 1.54) is 6.33 Å². The number of nitrogens with zero attached hydrogens (tertiary/aromatic N) is 3. The molecule has 0 bridgehead atoms. The third-order valence-corrected chi connectivity index (χ3v) is 3.30. The minimum Gasteiger partial charge on any atom is -0.496 e. The Bertz CT molecular complexity index is 677. The van der Waals surface area contributed by atoms with Crippen LogP contribution in [0.3, 0.4) is 0 Å². The Labute approximate surface area is 123 Å². The molecule has 102 valence electrons. The van der Waals surface area contributed by atoms with Crippen LogP contribution in [0.15, 0.2) is 24.5 Å². The number of nitriles is 1. The summed E-state index contributed by atoms with van der Waals surface area (Å²) in [6.45, 7) is 4.05. The second kappa shape index (κ2) is 5.89. The van der Waals surface area contributed by atoms with Crippen LogP contribution >= 0.6 is 11.6 Å². The van der Waals surface area contributed by atoms with Crippen LogP contribution in [0.1, 0.15) is 30.9 Å². The fraction of sp³-hybridized carbons (Fsp3) is 0.267. The van der Waals surface area contributed by atoms with Gasteiger partial charge in [-0.05, 0) is 24.1 Å². The standard InChI is InChI=1S/C15H14ClN3O/c1-9(2)13-14(18-8-19-15(13)16)11-6-10(7-17)4-5-12(11)20-3/h4-6,8-9H,1-3H3. The molecule has 0 aliphatic rings. The Morgan fingerprint density at radius 2 is 2.05 bits per heavy atom. The van der Waals surface area contributed by atoms with Crippen molar-refractivity contribution < 1.29 is 4.74 Å². The van der Waals surface area contributed by atoms with Crippen molar-refractivity contribution >= 4 is 11.6 Å². The normalized spacial score (nSPS) is 10.4. The predicted octanol–water partition coefficient (Wildman–Crippen LogP) is 3.80. The first-order chi connectivity index (χ1) is 9.58. The number of aromatic nitrogens is 2. The zero-order valence-corrected chi connectivity index (χ0v) is 12.3. The van der Waals surface area contributed by atoms with Crippen molar-refractivity contribution in [2.75, 3.05) is 7.11 Å². The molecule has 0 radical (unpaired) electrons. The maximum absolute atomic E-state index is 9.06. The summed E-state index contributed by atoms with van der Waals surface area (Å²) >= 11 is 6.19. The van der Waals surface area contributed by atoms with Crippen LogP contribution in [0.2, 0.25) is 5.15 Å². The van der Waals surface area contributed by atoms with E-state index >= 15 is 0 Å². The van der Waals surface area contributed by atoms with Gasteiger partial charge in [-0.3, -0.25) is 0 Å². The van der Waals surface area contributed by atoms with Crippen LogP contribution in [-0.2, 0) is 0 Å². The van der Waals surface area contributed by atoms with Crippen molar-refractivity contribution in [2.45, 2.75) is 19.8 Å². The van der Waals surface area contributed by atoms with Crippen LogP contribution in [0.5, 0.6) is 5.75 Å². The number of halogens is 1. The molecule has 0 atom stereocenters. The molecule has 2 aromatic rings. The van der Waals surface area contributed by atoms with Crippen LogP contribution < -0.4 is 4.74 Å². The second-order valence-corrected chi connectivity index (χ2v) is 4.97. The van der Waals surface area contributed by atoms with Gasteiger partial charge in [0.15, 0.2) is 0 Å². The van der Waals surface area contributed by atoms with Gasteiger partial charge in [-0.2, -0.15) is 5.26 Å². The summed E-state index contributed by atoms with van der Waals surface area (Å²) in [6.07, 6.45) is 1.42. The summed E-state index contributed by atoms with van der Waals surface area (Å²) in [5.41, 5.74) is 2.85. The predicted molar refractivity (Wildman–Crippen MR) is 77.8 cm³/mol. The Balaban J connectivity index is 2.74. The minimum atomic E-state index is 0.161. The molecule has 0 aliphatic heterocycles. The van der Waals surface area contributed by atoms with Gasteiger partial charge in [-0.1, -0.05) is 25.4 Å². The van der Waals surface area contributed by atoms with Gasteiger partial charge in [-0.15, -0.1) is 0 Å². The quantitative estimate of drug-likeness (QED) is 0.806. The molecule has 0 spiro atoms. The Kier molecular flexibility index (Phi) is 4.21. The Hall–Kier alpha value is -2.12. The Morgan fingerprint density at radius 3 is 2.65 bits per heavy atom. The van der Waals surface area contributed by atoms with Gasteiger partial charge in [0.1, 0.15) is 17.2 Å². The van der Waals surface area contributed by atoms with E-state index in [2.05, 4.69) is 16.0 Å². The molecular weight excluding hydrogens is 274 g/mol. The number of hydrogen-bond donors (Lipinski definition) is 0. The van der Waals surface area contributed by atoms with Gasteiger partial charge in [0, 0.05) is 11.1 Å². The summed E-state index contributed by atoms with van der Waals surface area (Å²) in [6, 6.07) is 7.34. The van der Waals surface area contributed by atoms with E-state index in [0.29, 0.717) is 22.2 Å². The Morgan fingerprint density at radius 1 is 1.30 bits per heavy atom. The largest absolute Gasteiger partial charge is 0.496 e. The molecule has 0 saturated heterocycles. The third-order valence-electron chi connectivity index (χ3n) is 3.00. The molecule has 0 saturated carbocycles. The molecule has 0 fully saturated rings. The average molecular weight is 288 g/mol. The van der Waals surface area contributed by atoms with Crippen molar-refractivity contribution in [3.8, 4) is 23.1 Å². The van der Waals surface area contributed by atoms with E-state index < -0.39 is 0 Å². The molecule has 0 aliphatic carbocycles. The molecule has 4 nitrogen and oxygen atoms in total. The van der Waals surface area contributed by atoms with E-state index in [1.54, 1.807) is 25.3 Å². The maximum Gasteiger partial charge on any atom is 0.136 e. The van der Waals surface area contributed by atoms with E-state index in [-0.39, 0.29) is 5.92 Å². The van der Waals surface area contributed by atoms with Gasteiger partial charge in [0.2, 0.25) is 0 Å². The molecule has 0 unspecified atom stereocenters. The molecule has 1 aromatic heterocycles. The lowest BCUT2D eigenvalue weighted by molar-refractivity contribution is 0.416. The van der Waals surface area contributed by atoms with Crippen LogP contribution in [-0.4, -0.2) is 17.1 Å². The highest BCUT2D eigenvalue weighted by Crippen LogP contribution is 2.36. The van der Waals surface area contributed by atoms with Crippen molar-refractivity contribution in [2.24, 2.45) is 0 Å². The average Bonchev–Trinajstić information content (AvgIpc) is 2.45. The first-order valence-corrected chi connectivity index (χ1v) is 6.55. The molecule has 2 rings (SSSR count). The van der Waals surface area contributed by atoms with E-state index in [1.807, 2.05) is 13.8 Å². The molecule has 0 amide bonds. The van der Waals surface area contributed by atoms with Crippen molar-refractivity contribution in [3.63, 3.8) is 0 Å². The summed E-state index contributed by atoms with van der Waals surface area (Å²) in [5.74, 6) is 0.815. The lowest BCUT2D eigenvalue weighted by atomic mass is 9.97. The van der Waals surface area contributed by atoms with Crippen LogP contribution in [0, 0.1) is 11.3 Å². The topological polar surface area (TPSA) is 58.8 Å². The zero-order chi connectivity index (χ0) is 14.7. The van der Waals surface area contributed by atoms with E-state index in [0.717, 1.165) is 11.1 Å². The fourth-order valence-corrected chi connectivity index (χ4v) is 2.41. The summed E-state index contributed by atoms with van der Waals surface area (Å²) in [7, 11) is 1.59. The highest BCUT2D eigenvalue weighted by atomic mass is 35.5. The lowest BCUT2D eigenvalue weighted by Crippen LogP contribution is -2.00. The van der Waals surface area contributed by atoms with E-state index in [4.69, 9.17) is 21.6 Å². The third kappa shape index (κ3) is 2.59. The second-order valence-electron chi connectivity index (χ2n) is 4.61. The maximum atomic E-state index is 9.06. The van der Waals surface area contributed by atoms with Crippen LogP contribution in [0.4, 0.5) is 0 Å². The molecule has 20 heavy (non-hydrogen) atoms. The van der Waals surface area contributed by atoms with Gasteiger partial charge < -0.3 is 4.74 Å². The molecular formula is C15H14ClN3O. The number of hydrogen-bond acceptors (Lipinski definition) is 4. The SMILES string of the molecule is COc1ccc(C#N)cc1-c1ncnc(Cl)c1C(C)C. The first-order valence-electron chi connectivity index (χ1n) is 6.17. The molecule has 1 heterocycles. The summed E-state index contributed by atoms with van der Waals surface area (Å²) in [5, 5.41) is 9.48. The fourth-order valence-electron chi connectivity index (χ4n) is 2.06. The first kappa shape index (κ1) is 14.3. The number of rotatable bonds is 3. The summed E-state index contributed by atoms with van der Waals surface area (Å²) in [4.78, 5) is 8.36. The van der Waals surface area contributed by atoms with Crippen molar-refractivity contribution in [1.29, 1.82) is 5.26 Å². The van der Waals surface area contributed by atoms with Crippen LogP contribution in [0.25, 0.3) is 11.3 Å². The highest BCUT2D eigenvalue weighted by Gasteiger charge is 2.18. The van der Waals surface area contributed by atoms with Crippen molar-refractivity contribution in [3.05, 3.63) is 40.8 Å². The number of ether oxygens (including phenoxy) is 1. The molecule has 1 aromatic carbocycles.